The summed E-state index contributed by atoms with van der Waals surface area (Å²) in [5, 5.41) is 6.87. The van der Waals surface area contributed by atoms with Crippen molar-refractivity contribution < 1.29 is 27.9 Å². The minimum absolute atomic E-state index is 0.0133. The van der Waals surface area contributed by atoms with Crippen LogP contribution in [0.5, 0.6) is 0 Å². The topological polar surface area (TPSA) is 98.9 Å². The SMILES string of the molecule is COC(=O)c1nc2ccccc2n1CC(=O)N1CCC(c2nc(C3=NOC(c4c(F)cccc4F)C3)cs2)CC1. The Bertz CT molecular complexity index is 1610. The number of fused-ring (bicyclic) bond motifs is 1. The van der Waals surface area contributed by atoms with E-state index < -0.39 is 23.7 Å². The number of imidazole rings is 1. The maximum atomic E-state index is 14.2. The second-order valence-corrected chi connectivity index (χ2v) is 10.6. The highest BCUT2D eigenvalue weighted by Crippen LogP contribution is 2.35. The Morgan fingerprint density at radius 1 is 1.07 bits per heavy atom. The summed E-state index contributed by atoms with van der Waals surface area (Å²) in [4.78, 5) is 41.8. The average molecular weight is 566 g/mol. The molecular weight excluding hydrogens is 540 g/mol. The lowest BCUT2D eigenvalue weighted by Crippen LogP contribution is -2.40. The normalized spacial score (nSPS) is 17.6. The van der Waals surface area contributed by atoms with Gasteiger partial charge < -0.3 is 19.0 Å². The van der Waals surface area contributed by atoms with Crippen molar-refractivity contribution in [3.63, 3.8) is 0 Å². The standard InChI is InChI=1S/C28H25F2N5O4S/c1-38-28(37)26-31-19-7-2-3-8-22(19)35(26)14-24(36)34-11-9-16(10-12-34)27-32-21(15-40-27)20-13-23(39-33-20)25-17(29)5-4-6-18(25)30/h2-8,15-16,23H,9-14H2,1H3. The first kappa shape index (κ1) is 26.1. The number of likely N-dealkylation sites (tertiary alicyclic amines) is 1. The number of oxime groups is 1. The number of carbonyl (C=O) groups is 2. The summed E-state index contributed by atoms with van der Waals surface area (Å²) in [6, 6.07) is 11.0. The van der Waals surface area contributed by atoms with Crippen LogP contribution < -0.4 is 0 Å². The third-order valence-electron chi connectivity index (χ3n) is 7.32. The van der Waals surface area contributed by atoms with E-state index in [4.69, 9.17) is 14.6 Å². The van der Waals surface area contributed by atoms with Gasteiger partial charge in [-0.15, -0.1) is 11.3 Å². The molecule has 40 heavy (non-hydrogen) atoms. The van der Waals surface area contributed by atoms with Crippen LogP contribution in [0.3, 0.4) is 0 Å². The molecule has 206 valence electrons. The summed E-state index contributed by atoms with van der Waals surface area (Å²) in [7, 11) is 1.29. The molecule has 1 amide bonds. The molecule has 0 aliphatic carbocycles. The molecule has 2 aromatic heterocycles. The van der Waals surface area contributed by atoms with Crippen molar-refractivity contribution in [3.8, 4) is 0 Å². The number of hydrogen-bond donors (Lipinski definition) is 0. The van der Waals surface area contributed by atoms with E-state index in [2.05, 4.69) is 10.1 Å². The van der Waals surface area contributed by atoms with Crippen molar-refractivity contribution >= 4 is 40.0 Å². The number of amides is 1. The fraction of sp³-hybridized carbons (Fsp3) is 0.321. The Hall–Kier alpha value is -4.19. The van der Waals surface area contributed by atoms with Crippen LogP contribution in [-0.2, 0) is 20.9 Å². The summed E-state index contributed by atoms with van der Waals surface area (Å²) >= 11 is 1.51. The summed E-state index contributed by atoms with van der Waals surface area (Å²) < 4.78 is 34.8. The van der Waals surface area contributed by atoms with Gasteiger partial charge in [0.2, 0.25) is 11.7 Å². The van der Waals surface area contributed by atoms with Gasteiger partial charge in [0.25, 0.3) is 0 Å². The fourth-order valence-electron chi connectivity index (χ4n) is 5.20. The molecule has 1 unspecified atom stereocenters. The number of aromatic nitrogens is 3. The molecule has 0 saturated carbocycles. The number of esters is 1. The molecule has 0 N–H and O–H groups in total. The van der Waals surface area contributed by atoms with Crippen LogP contribution in [0.4, 0.5) is 8.78 Å². The molecule has 1 atom stereocenters. The van der Waals surface area contributed by atoms with Gasteiger partial charge in [0, 0.05) is 30.8 Å². The molecule has 2 aliphatic heterocycles. The van der Waals surface area contributed by atoms with E-state index in [0.29, 0.717) is 35.5 Å². The molecule has 6 rings (SSSR count). The first-order valence-electron chi connectivity index (χ1n) is 12.9. The lowest BCUT2D eigenvalue weighted by molar-refractivity contribution is -0.132. The van der Waals surface area contributed by atoms with Gasteiger partial charge in [-0.25, -0.2) is 23.5 Å². The van der Waals surface area contributed by atoms with Crippen LogP contribution in [0.25, 0.3) is 11.0 Å². The first-order valence-corrected chi connectivity index (χ1v) is 13.7. The van der Waals surface area contributed by atoms with Crippen molar-refractivity contribution in [2.24, 2.45) is 5.16 Å². The first-order chi connectivity index (χ1) is 19.4. The molecule has 4 aromatic rings. The summed E-state index contributed by atoms with van der Waals surface area (Å²) in [5.74, 6) is -1.75. The molecule has 0 radical (unpaired) electrons. The van der Waals surface area contributed by atoms with Gasteiger partial charge in [0.15, 0.2) is 6.10 Å². The number of hydrogen-bond acceptors (Lipinski definition) is 8. The Kier molecular flexibility index (Phi) is 7.01. The molecular formula is C28H25F2N5O4S. The molecule has 1 saturated heterocycles. The minimum Gasteiger partial charge on any atom is -0.463 e. The fourth-order valence-corrected chi connectivity index (χ4v) is 6.20. The van der Waals surface area contributed by atoms with E-state index in [0.717, 1.165) is 17.8 Å². The Morgan fingerprint density at radius 2 is 1.82 bits per heavy atom. The summed E-state index contributed by atoms with van der Waals surface area (Å²) in [6.07, 6.45) is 0.867. The largest absolute Gasteiger partial charge is 0.463 e. The predicted octanol–water partition coefficient (Wildman–Crippen LogP) is 4.83. The number of ether oxygens (including phenoxy) is 1. The van der Waals surface area contributed by atoms with Gasteiger partial charge in [0.05, 0.1) is 34.4 Å². The van der Waals surface area contributed by atoms with Gasteiger partial charge in [-0.1, -0.05) is 23.4 Å². The number of benzene rings is 2. The quantitative estimate of drug-likeness (QED) is 0.311. The zero-order valence-corrected chi connectivity index (χ0v) is 22.4. The van der Waals surface area contributed by atoms with Gasteiger partial charge in [-0.3, -0.25) is 4.79 Å². The van der Waals surface area contributed by atoms with Crippen LogP contribution in [0.2, 0.25) is 0 Å². The third-order valence-corrected chi connectivity index (χ3v) is 8.33. The predicted molar refractivity (Wildman–Crippen MR) is 143 cm³/mol. The molecule has 0 bridgehead atoms. The number of para-hydroxylation sites is 2. The van der Waals surface area contributed by atoms with Crippen LogP contribution in [-0.4, -0.2) is 57.2 Å². The number of carbonyl (C=O) groups excluding carboxylic acids is 2. The number of piperidine rings is 1. The van der Waals surface area contributed by atoms with Crippen molar-refractivity contribution in [2.75, 3.05) is 20.2 Å². The number of rotatable bonds is 6. The smallest absolute Gasteiger partial charge is 0.374 e. The van der Waals surface area contributed by atoms with Gasteiger partial charge in [0.1, 0.15) is 23.9 Å². The minimum atomic E-state index is -0.831. The number of thiazole rings is 1. The molecule has 12 heteroatoms. The molecule has 2 aliphatic rings. The van der Waals surface area contributed by atoms with E-state index in [1.54, 1.807) is 15.5 Å². The highest BCUT2D eigenvalue weighted by molar-refractivity contribution is 7.10. The number of methoxy groups -OCH3 is 1. The second-order valence-electron chi connectivity index (χ2n) is 9.70. The highest BCUT2D eigenvalue weighted by atomic mass is 32.1. The number of nitrogens with zero attached hydrogens (tertiary/aromatic N) is 5. The summed E-state index contributed by atoms with van der Waals surface area (Å²) in [5.41, 5.74) is 2.38. The molecule has 4 heterocycles. The highest BCUT2D eigenvalue weighted by Gasteiger charge is 2.32. The maximum absolute atomic E-state index is 14.2. The van der Waals surface area contributed by atoms with Crippen molar-refractivity contribution in [2.45, 2.75) is 37.8 Å². The monoisotopic (exact) mass is 565 g/mol. The average Bonchev–Trinajstić information content (AvgIpc) is 3.72. The van der Waals surface area contributed by atoms with Crippen molar-refractivity contribution in [3.05, 3.63) is 81.6 Å². The van der Waals surface area contributed by atoms with Crippen molar-refractivity contribution in [1.29, 1.82) is 0 Å². The van der Waals surface area contributed by atoms with Crippen LogP contribution >= 0.6 is 11.3 Å². The lowest BCUT2D eigenvalue weighted by atomic mass is 9.97. The lowest BCUT2D eigenvalue weighted by Gasteiger charge is -2.31. The zero-order valence-electron chi connectivity index (χ0n) is 21.5. The second kappa shape index (κ2) is 10.8. The van der Waals surface area contributed by atoms with Gasteiger partial charge in [-0.05, 0) is 37.1 Å². The van der Waals surface area contributed by atoms with E-state index >= 15 is 0 Å². The van der Waals surface area contributed by atoms with Crippen molar-refractivity contribution in [1.82, 2.24) is 19.4 Å². The molecule has 9 nitrogen and oxygen atoms in total. The Morgan fingerprint density at radius 3 is 2.58 bits per heavy atom. The van der Waals surface area contributed by atoms with E-state index in [9.17, 15) is 18.4 Å². The zero-order chi connectivity index (χ0) is 27.8. The molecule has 1 fully saturated rings. The van der Waals surface area contributed by atoms with Gasteiger partial charge in [-0.2, -0.15) is 0 Å². The Balaban J connectivity index is 1.08. The third kappa shape index (κ3) is 4.83. The van der Waals surface area contributed by atoms with Crippen LogP contribution in [0, 0.1) is 11.6 Å². The summed E-state index contributed by atoms with van der Waals surface area (Å²) in [6.45, 7) is 1.09. The van der Waals surface area contributed by atoms with Crippen LogP contribution in [0.15, 0.2) is 53.0 Å². The van der Waals surface area contributed by atoms with Crippen LogP contribution in [0.1, 0.15) is 58.2 Å². The number of halogens is 2. The van der Waals surface area contributed by atoms with Gasteiger partial charge >= 0.3 is 5.97 Å². The molecule has 2 aromatic carbocycles. The Labute approximate surface area is 232 Å². The maximum Gasteiger partial charge on any atom is 0.374 e. The van der Waals surface area contributed by atoms with E-state index in [1.807, 2.05) is 23.6 Å². The van der Waals surface area contributed by atoms with E-state index in [1.165, 1.54) is 36.6 Å². The van der Waals surface area contributed by atoms with E-state index in [-0.39, 0.29) is 36.2 Å². The molecule has 0 spiro atoms.